The van der Waals surface area contributed by atoms with Crippen molar-refractivity contribution in [3.8, 4) is 5.75 Å². The standard InChI is InChI=1S/C13H17NO2/c1-3-4-9-14-13(15)10-11-7-5-6-8-12(11)16-2/h3,5-8H,1,4,9-10H2,2H3,(H,14,15). The fourth-order valence-corrected chi connectivity index (χ4v) is 1.40. The first-order chi connectivity index (χ1) is 7.77. The van der Waals surface area contributed by atoms with E-state index in [0.717, 1.165) is 17.7 Å². The first-order valence-corrected chi connectivity index (χ1v) is 5.27. The molecule has 3 nitrogen and oxygen atoms in total. The lowest BCUT2D eigenvalue weighted by atomic mass is 10.1. The Morgan fingerprint density at radius 1 is 1.50 bits per heavy atom. The summed E-state index contributed by atoms with van der Waals surface area (Å²) in [5.74, 6) is 0.757. The van der Waals surface area contributed by atoms with Crippen molar-refractivity contribution in [3.63, 3.8) is 0 Å². The van der Waals surface area contributed by atoms with Crippen LogP contribution in [-0.2, 0) is 11.2 Å². The Labute approximate surface area is 96.1 Å². The average molecular weight is 219 g/mol. The minimum absolute atomic E-state index is 0.00588. The van der Waals surface area contributed by atoms with Crippen LogP contribution in [0.1, 0.15) is 12.0 Å². The van der Waals surface area contributed by atoms with Crippen molar-refractivity contribution < 1.29 is 9.53 Å². The van der Waals surface area contributed by atoms with Crippen molar-refractivity contribution in [1.82, 2.24) is 5.32 Å². The molecule has 0 unspecified atom stereocenters. The summed E-state index contributed by atoms with van der Waals surface area (Å²) in [5, 5.41) is 2.82. The number of benzene rings is 1. The van der Waals surface area contributed by atoms with Crippen LogP contribution in [0.5, 0.6) is 5.75 Å². The van der Waals surface area contributed by atoms with Crippen LogP contribution >= 0.6 is 0 Å². The molecule has 1 aromatic rings. The lowest BCUT2D eigenvalue weighted by Crippen LogP contribution is -2.25. The van der Waals surface area contributed by atoms with Crippen LogP contribution in [0.15, 0.2) is 36.9 Å². The summed E-state index contributed by atoms with van der Waals surface area (Å²) in [6.45, 7) is 4.23. The molecule has 3 heteroatoms. The maximum absolute atomic E-state index is 11.6. The number of hydrogen-bond acceptors (Lipinski definition) is 2. The van der Waals surface area contributed by atoms with E-state index >= 15 is 0 Å². The molecular formula is C13H17NO2. The minimum atomic E-state index is 0.00588. The summed E-state index contributed by atoms with van der Waals surface area (Å²) in [5.41, 5.74) is 0.904. The molecule has 86 valence electrons. The molecule has 0 saturated heterocycles. The molecule has 0 heterocycles. The highest BCUT2D eigenvalue weighted by atomic mass is 16.5. The van der Waals surface area contributed by atoms with Gasteiger partial charge >= 0.3 is 0 Å². The summed E-state index contributed by atoms with van der Waals surface area (Å²) < 4.78 is 5.18. The van der Waals surface area contributed by atoms with Crippen molar-refractivity contribution >= 4 is 5.91 Å². The van der Waals surface area contributed by atoms with Gasteiger partial charge in [-0.25, -0.2) is 0 Å². The summed E-state index contributed by atoms with van der Waals surface area (Å²) in [7, 11) is 1.61. The SMILES string of the molecule is C=CCCNC(=O)Cc1ccccc1OC. The van der Waals surface area contributed by atoms with Gasteiger partial charge in [-0.15, -0.1) is 6.58 Å². The molecule has 1 rings (SSSR count). The Balaban J connectivity index is 2.52. The molecule has 1 aromatic carbocycles. The van der Waals surface area contributed by atoms with Gasteiger partial charge in [-0.2, -0.15) is 0 Å². The van der Waals surface area contributed by atoms with Crippen molar-refractivity contribution in [2.75, 3.05) is 13.7 Å². The van der Waals surface area contributed by atoms with Gasteiger partial charge in [0.1, 0.15) is 5.75 Å². The Morgan fingerprint density at radius 3 is 2.94 bits per heavy atom. The molecule has 1 N–H and O–H groups in total. The van der Waals surface area contributed by atoms with E-state index in [-0.39, 0.29) is 5.91 Å². The highest BCUT2D eigenvalue weighted by Gasteiger charge is 2.06. The largest absolute Gasteiger partial charge is 0.496 e. The van der Waals surface area contributed by atoms with E-state index in [1.165, 1.54) is 0 Å². The number of methoxy groups -OCH3 is 1. The molecule has 0 aliphatic heterocycles. The fraction of sp³-hybridized carbons (Fsp3) is 0.308. The maximum Gasteiger partial charge on any atom is 0.224 e. The third-order valence-corrected chi connectivity index (χ3v) is 2.21. The molecule has 0 radical (unpaired) electrons. The van der Waals surface area contributed by atoms with E-state index < -0.39 is 0 Å². The molecule has 0 spiro atoms. The molecule has 0 aliphatic carbocycles. The quantitative estimate of drug-likeness (QED) is 0.586. The molecule has 0 fully saturated rings. The molecule has 0 saturated carbocycles. The van der Waals surface area contributed by atoms with Gasteiger partial charge in [0.25, 0.3) is 0 Å². The van der Waals surface area contributed by atoms with Gasteiger partial charge in [0.2, 0.25) is 5.91 Å². The number of carbonyl (C=O) groups excluding carboxylic acids is 1. The zero-order valence-corrected chi connectivity index (χ0v) is 9.53. The molecule has 0 aromatic heterocycles. The van der Waals surface area contributed by atoms with E-state index in [0.29, 0.717) is 13.0 Å². The molecule has 16 heavy (non-hydrogen) atoms. The van der Waals surface area contributed by atoms with Gasteiger partial charge in [-0.1, -0.05) is 24.3 Å². The lowest BCUT2D eigenvalue weighted by Gasteiger charge is -2.08. The second-order valence-electron chi connectivity index (χ2n) is 3.42. The number of rotatable bonds is 6. The average Bonchev–Trinajstić information content (AvgIpc) is 2.30. The third kappa shape index (κ3) is 3.77. The Bertz CT molecular complexity index is 361. The third-order valence-electron chi connectivity index (χ3n) is 2.21. The van der Waals surface area contributed by atoms with Crippen LogP contribution in [-0.4, -0.2) is 19.6 Å². The summed E-state index contributed by atoms with van der Waals surface area (Å²) in [4.78, 5) is 11.6. The summed E-state index contributed by atoms with van der Waals surface area (Å²) in [6.07, 6.45) is 2.92. The highest BCUT2D eigenvalue weighted by Crippen LogP contribution is 2.17. The second-order valence-corrected chi connectivity index (χ2v) is 3.42. The number of hydrogen-bond donors (Lipinski definition) is 1. The van der Waals surface area contributed by atoms with E-state index in [2.05, 4.69) is 11.9 Å². The van der Waals surface area contributed by atoms with Crippen molar-refractivity contribution in [1.29, 1.82) is 0 Å². The number of para-hydroxylation sites is 1. The van der Waals surface area contributed by atoms with Crippen LogP contribution in [0.2, 0.25) is 0 Å². The zero-order valence-electron chi connectivity index (χ0n) is 9.53. The number of nitrogens with one attached hydrogen (secondary N) is 1. The topological polar surface area (TPSA) is 38.3 Å². The van der Waals surface area contributed by atoms with Gasteiger partial charge in [0.05, 0.1) is 13.5 Å². The predicted octanol–water partition coefficient (Wildman–Crippen LogP) is 1.93. The molecular weight excluding hydrogens is 202 g/mol. The van der Waals surface area contributed by atoms with Crippen LogP contribution in [0, 0.1) is 0 Å². The van der Waals surface area contributed by atoms with E-state index in [9.17, 15) is 4.79 Å². The van der Waals surface area contributed by atoms with Gasteiger partial charge in [0.15, 0.2) is 0 Å². The Hall–Kier alpha value is -1.77. The van der Waals surface area contributed by atoms with Gasteiger partial charge in [0, 0.05) is 12.1 Å². The predicted molar refractivity (Wildman–Crippen MR) is 64.5 cm³/mol. The molecule has 1 amide bonds. The fourth-order valence-electron chi connectivity index (χ4n) is 1.40. The zero-order chi connectivity index (χ0) is 11.8. The monoisotopic (exact) mass is 219 g/mol. The molecule has 0 atom stereocenters. The van der Waals surface area contributed by atoms with E-state index in [4.69, 9.17) is 4.74 Å². The highest BCUT2D eigenvalue weighted by molar-refractivity contribution is 5.79. The van der Waals surface area contributed by atoms with E-state index in [1.807, 2.05) is 24.3 Å². The van der Waals surface area contributed by atoms with E-state index in [1.54, 1.807) is 13.2 Å². The van der Waals surface area contributed by atoms with Crippen molar-refractivity contribution in [2.24, 2.45) is 0 Å². The maximum atomic E-state index is 11.6. The second kappa shape index (κ2) is 6.67. The number of ether oxygens (including phenoxy) is 1. The van der Waals surface area contributed by atoms with Gasteiger partial charge in [-0.05, 0) is 12.5 Å². The van der Waals surface area contributed by atoms with Crippen LogP contribution in [0.25, 0.3) is 0 Å². The Morgan fingerprint density at radius 2 is 2.25 bits per heavy atom. The summed E-state index contributed by atoms with van der Waals surface area (Å²) >= 11 is 0. The first-order valence-electron chi connectivity index (χ1n) is 5.27. The van der Waals surface area contributed by atoms with Crippen LogP contribution < -0.4 is 10.1 Å². The first kappa shape index (κ1) is 12.3. The van der Waals surface area contributed by atoms with Crippen LogP contribution in [0.3, 0.4) is 0 Å². The smallest absolute Gasteiger partial charge is 0.224 e. The van der Waals surface area contributed by atoms with Crippen LogP contribution in [0.4, 0.5) is 0 Å². The van der Waals surface area contributed by atoms with Gasteiger partial charge in [-0.3, -0.25) is 4.79 Å². The van der Waals surface area contributed by atoms with Gasteiger partial charge < -0.3 is 10.1 Å². The lowest BCUT2D eigenvalue weighted by molar-refractivity contribution is -0.120. The van der Waals surface area contributed by atoms with Crippen molar-refractivity contribution in [3.05, 3.63) is 42.5 Å². The van der Waals surface area contributed by atoms with Crippen molar-refractivity contribution in [2.45, 2.75) is 12.8 Å². The number of carbonyl (C=O) groups is 1. The molecule has 0 bridgehead atoms. The molecule has 0 aliphatic rings. The minimum Gasteiger partial charge on any atom is -0.496 e. The Kier molecular flexibility index (Phi) is 5.12. The summed E-state index contributed by atoms with van der Waals surface area (Å²) in [6, 6.07) is 7.53. The normalized spacial score (nSPS) is 9.56. The number of amides is 1.